The van der Waals surface area contributed by atoms with Gasteiger partial charge in [0.1, 0.15) is 0 Å². The first-order valence-electron chi connectivity index (χ1n) is 2.28. The molecule has 0 fully saturated rings. The van der Waals surface area contributed by atoms with E-state index >= 15 is 0 Å². The first-order chi connectivity index (χ1) is 3.27. The van der Waals surface area contributed by atoms with Crippen LogP contribution in [0.2, 0.25) is 0 Å². The third-order valence-electron chi connectivity index (χ3n) is 0.390. The molecule has 0 saturated carbocycles. The van der Waals surface area contributed by atoms with Crippen LogP contribution in [0.15, 0.2) is 0 Å². The minimum absolute atomic E-state index is 0.401. The van der Waals surface area contributed by atoms with E-state index in [0.717, 1.165) is 6.61 Å². The van der Waals surface area contributed by atoms with Gasteiger partial charge in [-0.25, -0.2) is 0 Å². The highest BCUT2D eigenvalue weighted by Gasteiger charge is 1.87. The third-order valence-corrected chi connectivity index (χ3v) is 0.644. The van der Waals surface area contributed by atoms with E-state index in [2.05, 4.69) is 28.1 Å². The second kappa shape index (κ2) is 4.80. The normalized spacial score (nSPS) is 14.1. The standard InChI is InChI=1S/C4H10INO/c1-3-7-6-4(2)5/h4,6H,3H2,1-2H3/t4-/m1/s1. The van der Waals surface area contributed by atoms with Crippen LogP contribution in [-0.4, -0.2) is 10.7 Å². The van der Waals surface area contributed by atoms with Crippen molar-refractivity contribution >= 4 is 22.6 Å². The van der Waals surface area contributed by atoms with Crippen molar-refractivity contribution in [1.29, 1.82) is 0 Å². The lowest BCUT2D eigenvalue weighted by Gasteiger charge is -2.02. The Morgan fingerprint density at radius 3 is 2.57 bits per heavy atom. The number of hydrogen-bond acceptors (Lipinski definition) is 2. The van der Waals surface area contributed by atoms with Crippen LogP contribution in [0.1, 0.15) is 13.8 Å². The summed E-state index contributed by atoms with van der Waals surface area (Å²) < 4.78 is 0.401. The van der Waals surface area contributed by atoms with Crippen molar-refractivity contribution in [1.82, 2.24) is 5.48 Å². The maximum Gasteiger partial charge on any atom is 0.0807 e. The lowest BCUT2D eigenvalue weighted by molar-refractivity contribution is 0.0507. The Labute approximate surface area is 57.7 Å². The van der Waals surface area contributed by atoms with Crippen LogP contribution >= 0.6 is 22.6 Å². The van der Waals surface area contributed by atoms with Crippen LogP contribution in [0.3, 0.4) is 0 Å². The molecule has 0 unspecified atom stereocenters. The summed E-state index contributed by atoms with van der Waals surface area (Å²) in [5.41, 5.74) is 2.78. The van der Waals surface area contributed by atoms with Gasteiger partial charge in [0.05, 0.1) is 10.7 Å². The molecule has 1 N–H and O–H groups in total. The van der Waals surface area contributed by atoms with E-state index in [1.54, 1.807) is 0 Å². The van der Waals surface area contributed by atoms with Crippen molar-refractivity contribution < 1.29 is 4.84 Å². The molecule has 44 valence electrons. The summed E-state index contributed by atoms with van der Waals surface area (Å²) in [4.78, 5) is 4.84. The Balaban J connectivity index is 2.68. The van der Waals surface area contributed by atoms with Crippen molar-refractivity contribution in [2.24, 2.45) is 0 Å². The summed E-state index contributed by atoms with van der Waals surface area (Å²) in [6.07, 6.45) is 0. The Morgan fingerprint density at radius 2 is 2.43 bits per heavy atom. The number of halogens is 1. The monoisotopic (exact) mass is 215 g/mol. The second-order valence-electron chi connectivity index (χ2n) is 1.17. The zero-order valence-electron chi connectivity index (χ0n) is 4.57. The fourth-order valence-corrected chi connectivity index (χ4v) is 0.378. The van der Waals surface area contributed by atoms with E-state index in [9.17, 15) is 0 Å². The Hall–Kier alpha value is 0.650. The van der Waals surface area contributed by atoms with E-state index in [-0.39, 0.29) is 0 Å². The summed E-state index contributed by atoms with van der Waals surface area (Å²) >= 11 is 2.23. The van der Waals surface area contributed by atoms with Crippen LogP contribution in [0.4, 0.5) is 0 Å². The van der Waals surface area contributed by atoms with Gasteiger partial charge in [0.15, 0.2) is 0 Å². The van der Waals surface area contributed by atoms with Crippen molar-refractivity contribution in [2.45, 2.75) is 17.9 Å². The van der Waals surface area contributed by atoms with Gasteiger partial charge in [0.25, 0.3) is 0 Å². The maximum atomic E-state index is 4.84. The fourth-order valence-electron chi connectivity index (χ4n) is 0.198. The molecule has 0 aromatic rings. The molecule has 0 aromatic heterocycles. The van der Waals surface area contributed by atoms with Gasteiger partial charge in [0, 0.05) is 0 Å². The Bertz CT molecular complexity index is 40.7. The van der Waals surface area contributed by atoms with E-state index in [1.165, 1.54) is 0 Å². The van der Waals surface area contributed by atoms with Crippen molar-refractivity contribution in [3.63, 3.8) is 0 Å². The summed E-state index contributed by atoms with van der Waals surface area (Å²) in [5, 5.41) is 0. The van der Waals surface area contributed by atoms with Crippen LogP contribution in [0, 0.1) is 0 Å². The topological polar surface area (TPSA) is 21.3 Å². The predicted molar refractivity (Wildman–Crippen MR) is 38.2 cm³/mol. The molecule has 0 aliphatic carbocycles. The molecule has 0 amide bonds. The minimum atomic E-state index is 0.401. The number of nitrogens with one attached hydrogen (secondary N) is 1. The number of hydroxylamine groups is 1. The smallest absolute Gasteiger partial charge is 0.0807 e. The SMILES string of the molecule is CCON[C@H](C)I. The Morgan fingerprint density at radius 1 is 1.86 bits per heavy atom. The average Bonchev–Trinajstić information content (AvgIpc) is 1.61. The highest BCUT2D eigenvalue weighted by atomic mass is 127. The van der Waals surface area contributed by atoms with Crippen molar-refractivity contribution in [2.75, 3.05) is 6.61 Å². The van der Waals surface area contributed by atoms with Gasteiger partial charge in [-0.2, -0.15) is 5.48 Å². The first kappa shape index (κ1) is 7.65. The van der Waals surface area contributed by atoms with Crippen LogP contribution in [-0.2, 0) is 4.84 Å². The molecule has 1 atom stereocenters. The van der Waals surface area contributed by atoms with Gasteiger partial charge in [-0.3, -0.25) is 0 Å². The molecule has 3 heteroatoms. The molecular formula is C4H10INO. The van der Waals surface area contributed by atoms with Gasteiger partial charge in [0.2, 0.25) is 0 Å². The van der Waals surface area contributed by atoms with E-state index in [1.807, 2.05) is 13.8 Å². The minimum Gasteiger partial charge on any atom is -0.301 e. The Kier molecular flexibility index (Phi) is 5.25. The molecule has 0 spiro atoms. The zero-order valence-corrected chi connectivity index (χ0v) is 6.73. The first-order valence-corrected chi connectivity index (χ1v) is 3.53. The van der Waals surface area contributed by atoms with Gasteiger partial charge in [-0.15, -0.1) is 0 Å². The molecule has 0 heterocycles. The van der Waals surface area contributed by atoms with E-state index in [0.29, 0.717) is 4.05 Å². The van der Waals surface area contributed by atoms with Gasteiger partial charge < -0.3 is 4.84 Å². The number of hydrogen-bond donors (Lipinski definition) is 1. The molecule has 0 saturated heterocycles. The van der Waals surface area contributed by atoms with Gasteiger partial charge >= 0.3 is 0 Å². The molecule has 0 aliphatic rings. The number of rotatable bonds is 3. The predicted octanol–water partition coefficient (Wildman–Crippen LogP) is 1.31. The van der Waals surface area contributed by atoms with Crippen LogP contribution in [0.25, 0.3) is 0 Å². The lowest BCUT2D eigenvalue weighted by atomic mass is 10.8. The summed E-state index contributed by atoms with van der Waals surface area (Å²) in [6, 6.07) is 0. The molecule has 0 radical (unpaired) electrons. The summed E-state index contributed by atoms with van der Waals surface area (Å²) in [6.45, 7) is 4.70. The van der Waals surface area contributed by atoms with E-state index in [4.69, 9.17) is 4.84 Å². The lowest BCUT2D eigenvalue weighted by Crippen LogP contribution is -2.19. The van der Waals surface area contributed by atoms with Crippen molar-refractivity contribution in [3.05, 3.63) is 0 Å². The van der Waals surface area contributed by atoms with E-state index < -0.39 is 0 Å². The maximum absolute atomic E-state index is 4.84. The van der Waals surface area contributed by atoms with Crippen LogP contribution < -0.4 is 5.48 Å². The highest BCUT2D eigenvalue weighted by molar-refractivity contribution is 14.1. The summed E-state index contributed by atoms with van der Waals surface area (Å²) in [7, 11) is 0. The molecule has 0 aliphatic heterocycles. The summed E-state index contributed by atoms with van der Waals surface area (Å²) in [5.74, 6) is 0. The highest BCUT2D eigenvalue weighted by Crippen LogP contribution is 1.90. The molecule has 0 aromatic carbocycles. The zero-order chi connectivity index (χ0) is 5.70. The molecule has 7 heavy (non-hydrogen) atoms. The largest absolute Gasteiger partial charge is 0.301 e. The number of alkyl halides is 1. The van der Waals surface area contributed by atoms with Gasteiger partial charge in [-0.1, -0.05) is 22.6 Å². The fraction of sp³-hybridized carbons (Fsp3) is 1.00. The molecule has 0 bridgehead atoms. The second-order valence-corrected chi connectivity index (χ2v) is 3.04. The average molecular weight is 215 g/mol. The van der Waals surface area contributed by atoms with Crippen LogP contribution in [0.5, 0.6) is 0 Å². The third kappa shape index (κ3) is 6.65. The molecule has 2 nitrogen and oxygen atoms in total. The quantitative estimate of drug-likeness (QED) is 0.331. The molecule has 0 rings (SSSR count). The van der Waals surface area contributed by atoms with Gasteiger partial charge in [-0.05, 0) is 13.8 Å². The molecular weight excluding hydrogens is 205 g/mol. The van der Waals surface area contributed by atoms with Crippen molar-refractivity contribution in [3.8, 4) is 0 Å².